The summed E-state index contributed by atoms with van der Waals surface area (Å²) < 4.78 is 10.9. The standard InChI is InChI=1S/C17H24O4/c1-4-5-17(11-15(19)10-13(2)18)21-12-14-6-8-16(20-3)9-7-14/h4-9,13,17-18H,10-12H2,1-3H3/b5-4+/t13-,17-/m1/s1. The first-order valence-electron chi connectivity index (χ1n) is 7.12. The predicted octanol–water partition coefficient (Wildman–Crippen LogP) is 2.89. The molecule has 1 aromatic carbocycles. The topological polar surface area (TPSA) is 55.8 Å². The van der Waals surface area contributed by atoms with E-state index in [0.717, 1.165) is 11.3 Å². The molecule has 0 unspecified atom stereocenters. The van der Waals surface area contributed by atoms with Crippen LogP contribution in [-0.2, 0) is 16.1 Å². The number of carbonyl (C=O) groups excluding carboxylic acids is 1. The fourth-order valence-corrected chi connectivity index (χ4v) is 1.96. The number of hydrogen-bond donors (Lipinski definition) is 1. The van der Waals surface area contributed by atoms with Crippen molar-refractivity contribution in [2.24, 2.45) is 0 Å². The lowest BCUT2D eigenvalue weighted by Gasteiger charge is -2.14. The van der Waals surface area contributed by atoms with Gasteiger partial charge in [-0.25, -0.2) is 0 Å². The average Bonchev–Trinajstić information content (AvgIpc) is 2.44. The van der Waals surface area contributed by atoms with E-state index in [1.165, 1.54) is 0 Å². The second kappa shape index (κ2) is 9.32. The van der Waals surface area contributed by atoms with Gasteiger partial charge in [0, 0.05) is 12.8 Å². The Morgan fingerprint density at radius 3 is 2.48 bits per heavy atom. The molecule has 0 aliphatic heterocycles. The summed E-state index contributed by atoms with van der Waals surface area (Å²) in [5.41, 5.74) is 1.02. The maximum Gasteiger partial charge on any atom is 0.138 e. The quantitative estimate of drug-likeness (QED) is 0.711. The highest BCUT2D eigenvalue weighted by Gasteiger charge is 2.13. The maximum absolute atomic E-state index is 11.7. The number of ether oxygens (including phenoxy) is 2. The summed E-state index contributed by atoms with van der Waals surface area (Å²) in [6, 6.07) is 7.62. The SMILES string of the molecule is C/C=C/[C@H](CC(=O)C[C@@H](C)O)OCc1ccc(OC)cc1. The fraction of sp³-hybridized carbons (Fsp3) is 0.471. The van der Waals surface area contributed by atoms with E-state index in [-0.39, 0.29) is 24.7 Å². The number of allylic oxidation sites excluding steroid dienone is 1. The Bertz CT molecular complexity index is 448. The van der Waals surface area contributed by atoms with Crippen LogP contribution in [0.5, 0.6) is 5.75 Å². The minimum atomic E-state index is -0.606. The Kier molecular flexibility index (Phi) is 7.72. The van der Waals surface area contributed by atoms with E-state index < -0.39 is 6.10 Å². The summed E-state index contributed by atoms with van der Waals surface area (Å²) >= 11 is 0. The Morgan fingerprint density at radius 1 is 1.29 bits per heavy atom. The van der Waals surface area contributed by atoms with Crippen molar-refractivity contribution in [1.29, 1.82) is 0 Å². The molecule has 4 heteroatoms. The Morgan fingerprint density at radius 2 is 1.95 bits per heavy atom. The largest absolute Gasteiger partial charge is 0.497 e. The molecule has 0 aliphatic carbocycles. The normalized spacial score (nSPS) is 14.1. The zero-order chi connectivity index (χ0) is 15.7. The number of aliphatic hydroxyl groups is 1. The van der Waals surface area contributed by atoms with Crippen LogP contribution < -0.4 is 4.74 Å². The number of benzene rings is 1. The van der Waals surface area contributed by atoms with Gasteiger partial charge in [-0.2, -0.15) is 0 Å². The first kappa shape index (κ1) is 17.4. The zero-order valence-corrected chi connectivity index (χ0v) is 12.9. The van der Waals surface area contributed by atoms with Gasteiger partial charge < -0.3 is 14.6 Å². The maximum atomic E-state index is 11.7. The third-order valence-electron chi connectivity index (χ3n) is 2.98. The molecule has 1 rings (SSSR count). The Hall–Kier alpha value is -1.65. The van der Waals surface area contributed by atoms with Crippen LogP contribution in [0.3, 0.4) is 0 Å². The minimum Gasteiger partial charge on any atom is -0.497 e. The predicted molar refractivity (Wildman–Crippen MR) is 82.3 cm³/mol. The van der Waals surface area contributed by atoms with Crippen LogP contribution in [0, 0.1) is 0 Å². The van der Waals surface area contributed by atoms with E-state index in [9.17, 15) is 9.90 Å². The monoisotopic (exact) mass is 292 g/mol. The third-order valence-corrected chi connectivity index (χ3v) is 2.98. The van der Waals surface area contributed by atoms with Gasteiger partial charge in [-0.15, -0.1) is 0 Å². The number of rotatable bonds is 9. The molecule has 2 atom stereocenters. The molecule has 0 heterocycles. The molecule has 1 N–H and O–H groups in total. The molecule has 0 aliphatic rings. The highest BCUT2D eigenvalue weighted by molar-refractivity contribution is 5.79. The van der Waals surface area contributed by atoms with E-state index in [1.807, 2.05) is 43.3 Å². The van der Waals surface area contributed by atoms with Crippen molar-refractivity contribution in [1.82, 2.24) is 0 Å². The number of ketones is 1. The third kappa shape index (κ3) is 7.06. The van der Waals surface area contributed by atoms with Gasteiger partial charge in [0.25, 0.3) is 0 Å². The number of carbonyl (C=O) groups is 1. The molecular formula is C17H24O4. The smallest absolute Gasteiger partial charge is 0.138 e. The van der Waals surface area contributed by atoms with E-state index in [4.69, 9.17) is 9.47 Å². The summed E-state index contributed by atoms with van der Waals surface area (Å²) in [5, 5.41) is 9.23. The van der Waals surface area contributed by atoms with Gasteiger partial charge in [0.1, 0.15) is 11.5 Å². The van der Waals surface area contributed by atoms with Crippen molar-refractivity contribution in [3.63, 3.8) is 0 Å². The molecule has 0 aromatic heterocycles. The minimum absolute atomic E-state index is 0.00262. The first-order chi connectivity index (χ1) is 10.0. The van der Waals surface area contributed by atoms with Crippen LogP contribution in [0.15, 0.2) is 36.4 Å². The van der Waals surface area contributed by atoms with Gasteiger partial charge in [0.2, 0.25) is 0 Å². The van der Waals surface area contributed by atoms with Gasteiger partial charge in [0.05, 0.1) is 25.9 Å². The molecule has 0 bridgehead atoms. The van der Waals surface area contributed by atoms with Crippen molar-refractivity contribution >= 4 is 5.78 Å². The molecule has 1 aromatic rings. The van der Waals surface area contributed by atoms with Crippen LogP contribution >= 0.6 is 0 Å². The summed E-state index contributed by atoms with van der Waals surface area (Å²) in [4.78, 5) is 11.7. The summed E-state index contributed by atoms with van der Waals surface area (Å²) in [6.07, 6.45) is 3.32. The van der Waals surface area contributed by atoms with Crippen molar-refractivity contribution < 1.29 is 19.4 Å². The van der Waals surface area contributed by atoms with Crippen LogP contribution in [0.2, 0.25) is 0 Å². The van der Waals surface area contributed by atoms with E-state index in [0.29, 0.717) is 6.61 Å². The molecule has 0 spiro atoms. The van der Waals surface area contributed by atoms with Gasteiger partial charge in [-0.05, 0) is 31.5 Å². The second-order valence-electron chi connectivity index (χ2n) is 5.02. The average molecular weight is 292 g/mol. The highest BCUT2D eigenvalue weighted by atomic mass is 16.5. The van der Waals surface area contributed by atoms with Gasteiger partial charge in [-0.3, -0.25) is 4.79 Å². The highest BCUT2D eigenvalue weighted by Crippen LogP contribution is 2.14. The lowest BCUT2D eigenvalue weighted by atomic mass is 10.1. The molecule has 0 radical (unpaired) electrons. The van der Waals surface area contributed by atoms with Gasteiger partial charge in [-0.1, -0.05) is 24.3 Å². The lowest BCUT2D eigenvalue weighted by Crippen LogP contribution is -2.18. The number of Topliss-reactive ketones (excluding diaryl/α,β-unsaturated/α-hetero) is 1. The molecule has 4 nitrogen and oxygen atoms in total. The molecule has 0 saturated heterocycles. The van der Waals surface area contributed by atoms with E-state index in [2.05, 4.69) is 0 Å². The zero-order valence-electron chi connectivity index (χ0n) is 12.9. The van der Waals surface area contributed by atoms with Crippen LogP contribution in [0.4, 0.5) is 0 Å². The summed E-state index contributed by atoms with van der Waals surface area (Å²) in [6.45, 7) is 3.94. The fourth-order valence-electron chi connectivity index (χ4n) is 1.96. The van der Waals surface area contributed by atoms with Gasteiger partial charge >= 0.3 is 0 Å². The second-order valence-corrected chi connectivity index (χ2v) is 5.02. The Balaban J connectivity index is 2.51. The summed E-state index contributed by atoms with van der Waals surface area (Å²) in [5.74, 6) is 0.804. The molecule has 0 amide bonds. The van der Waals surface area contributed by atoms with E-state index in [1.54, 1.807) is 14.0 Å². The van der Waals surface area contributed by atoms with Crippen LogP contribution in [0.1, 0.15) is 32.3 Å². The number of methoxy groups -OCH3 is 1. The lowest BCUT2D eigenvalue weighted by molar-refractivity contribution is -0.123. The molecule has 21 heavy (non-hydrogen) atoms. The van der Waals surface area contributed by atoms with Crippen molar-refractivity contribution in [2.75, 3.05) is 7.11 Å². The van der Waals surface area contributed by atoms with Crippen LogP contribution in [-0.4, -0.2) is 30.2 Å². The number of aliphatic hydroxyl groups excluding tert-OH is 1. The van der Waals surface area contributed by atoms with Gasteiger partial charge in [0.15, 0.2) is 0 Å². The molecular weight excluding hydrogens is 268 g/mol. The molecule has 0 fully saturated rings. The number of hydrogen-bond acceptors (Lipinski definition) is 4. The molecule has 0 saturated carbocycles. The first-order valence-corrected chi connectivity index (χ1v) is 7.12. The van der Waals surface area contributed by atoms with Crippen molar-refractivity contribution in [3.8, 4) is 5.75 Å². The van der Waals surface area contributed by atoms with Crippen molar-refractivity contribution in [2.45, 2.75) is 45.5 Å². The Labute approximate surface area is 126 Å². The molecule has 116 valence electrons. The summed E-state index contributed by atoms with van der Waals surface area (Å²) in [7, 11) is 1.63. The van der Waals surface area contributed by atoms with Crippen molar-refractivity contribution in [3.05, 3.63) is 42.0 Å². The van der Waals surface area contributed by atoms with Crippen LogP contribution in [0.25, 0.3) is 0 Å². The van der Waals surface area contributed by atoms with E-state index >= 15 is 0 Å².